The summed E-state index contributed by atoms with van der Waals surface area (Å²) in [4.78, 5) is 0. The van der Waals surface area contributed by atoms with E-state index in [9.17, 15) is 0 Å². The van der Waals surface area contributed by atoms with Crippen LogP contribution in [0.25, 0.3) is 0 Å². The molecule has 1 heterocycles. The first-order valence-corrected chi connectivity index (χ1v) is 6.74. The Hall–Kier alpha value is -1.02. The van der Waals surface area contributed by atoms with Gasteiger partial charge in [-0.25, -0.2) is 0 Å². The molecule has 17 heavy (non-hydrogen) atoms. The van der Waals surface area contributed by atoms with Crippen LogP contribution in [0, 0.1) is 0 Å². The molecular weight excluding hydrogens is 210 g/mol. The van der Waals surface area contributed by atoms with Crippen LogP contribution in [0.4, 0.5) is 0 Å². The van der Waals surface area contributed by atoms with Crippen molar-refractivity contribution in [3.05, 3.63) is 29.8 Å². The zero-order valence-corrected chi connectivity index (χ0v) is 10.9. The summed E-state index contributed by atoms with van der Waals surface area (Å²) in [6.45, 7) is 3.11. The molecule has 0 aliphatic carbocycles. The van der Waals surface area contributed by atoms with Crippen LogP contribution in [0.3, 0.4) is 0 Å². The van der Waals surface area contributed by atoms with Gasteiger partial charge in [0.15, 0.2) is 0 Å². The summed E-state index contributed by atoms with van der Waals surface area (Å²) in [5.41, 5.74) is 1.40. The van der Waals surface area contributed by atoms with E-state index in [1.807, 2.05) is 0 Å². The lowest BCUT2D eigenvalue weighted by molar-refractivity contribution is 0.316. The van der Waals surface area contributed by atoms with Gasteiger partial charge in [0, 0.05) is 17.5 Å². The number of hydrogen-bond acceptors (Lipinski definition) is 2. The van der Waals surface area contributed by atoms with Crippen LogP contribution in [-0.2, 0) is 0 Å². The molecule has 1 aliphatic rings. The predicted molar refractivity (Wildman–Crippen MR) is 71.7 cm³/mol. The van der Waals surface area contributed by atoms with Gasteiger partial charge in [-0.15, -0.1) is 0 Å². The summed E-state index contributed by atoms with van der Waals surface area (Å²) in [6, 6.07) is 9.11. The summed E-state index contributed by atoms with van der Waals surface area (Å²) >= 11 is 0. The third kappa shape index (κ3) is 3.01. The average Bonchev–Trinajstić information content (AvgIpc) is 2.78. The van der Waals surface area contributed by atoms with Crippen molar-refractivity contribution < 1.29 is 4.74 Å². The Kier molecular flexibility index (Phi) is 4.43. The zero-order valence-electron chi connectivity index (χ0n) is 10.9. The minimum Gasteiger partial charge on any atom is -0.493 e. The molecule has 1 N–H and O–H groups in total. The van der Waals surface area contributed by atoms with E-state index in [0.717, 1.165) is 12.4 Å². The van der Waals surface area contributed by atoms with Crippen molar-refractivity contribution in [3.63, 3.8) is 0 Å². The van der Waals surface area contributed by atoms with E-state index in [1.165, 1.54) is 31.2 Å². The molecule has 2 rings (SSSR count). The first kappa shape index (κ1) is 12.4. The van der Waals surface area contributed by atoms with Gasteiger partial charge in [0.2, 0.25) is 0 Å². The number of ether oxygens (including phenoxy) is 1. The van der Waals surface area contributed by atoms with E-state index in [1.54, 1.807) is 0 Å². The van der Waals surface area contributed by atoms with Crippen LogP contribution in [0.15, 0.2) is 24.3 Å². The monoisotopic (exact) mass is 233 g/mol. The molecule has 0 saturated carbocycles. The molecule has 1 aromatic rings. The maximum Gasteiger partial charge on any atom is 0.122 e. The fourth-order valence-electron chi connectivity index (χ4n) is 2.65. The molecule has 0 bridgehead atoms. The minimum atomic E-state index is 0.596. The van der Waals surface area contributed by atoms with Gasteiger partial charge in [0.05, 0.1) is 6.61 Å². The number of nitrogens with one attached hydrogen (secondary N) is 1. The lowest BCUT2D eigenvalue weighted by atomic mass is 9.93. The van der Waals surface area contributed by atoms with E-state index < -0.39 is 0 Å². The predicted octanol–water partition coefficient (Wildman–Crippen LogP) is 3.33. The molecule has 1 aliphatic heterocycles. The lowest BCUT2D eigenvalue weighted by Gasteiger charge is -2.17. The fourth-order valence-corrected chi connectivity index (χ4v) is 2.65. The van der Waals surface area contributed by atoms with Gasteiger partial charge >= 0.3 is 0 Å². The first-order chi connectivity index (χ1) is 8.35. The van der Waals surface area contributed by atoms with Gasteiger partial charge in [-0.05, 0) is 32.4 Å². The van der Waals surface area contributed by atoms with Crippen molar-refractivity contribution in [2.75, 3.05) is 13.7 Å². The van der Waals surface area contributed by atoms with E-state index in [0.29, 0.717) is 12.0 Å². The second-order valence-electron chi connectivity index (χ2n) is 4.90. The molecule has 2 atom stereocenters. The molecule has 2 nitrogen and oxygen atoms in total. The van der Waals surface area contributed by atoms with Crippen molar-refractivity contribution in [1.29, 1.82) is 0 Å². The summed E-state index contributed by atoms with van der Waals surface area (Å²) in [7, 11) is 2.07. The maximum absolute atomic E-state index is 5.72. The molecule has 0 fully saturated rings. The van der Waals surface area contributed by atoms with E-state index in [2.05, 4.69) is 43.6 Å². The summed E-state index contributed by atoms with van der Waals surface area (Å²) in [5.74, 6) is 1.69. The highest BCUT2D eigenvalue weighted by molar-refractivity contribution is 5.39. The van der Waals surface area contributed by atoms with Gasteiger partial charge in [0.1, 0.15) is 5.75 Å². The normalized spacial score (nSPS) is 19.8. The lowest BCUT2D eigenvalue weighted by Crippen LogP contribution is -2.25. The largest absolute Gasteiger partial charge is 0.493 e. The SMILES string of the molecule is CCCC(CCC1COc2ccccc21)NC. The van der Waals surface area contributed by atoms with Crippen molar-refractivity contribution in [2.45, 2.75) is 44.6 Å². The molecule has 0 amide bonds. The topological polar surface area (TPSA) is 21.3 Å². The summed E-state index contributed by atoms with van der Waals surface area (Å²) in [6.07, 6.45) is 4.99. The Morgan fingerprint density at radius 1 is 1.35 bits per heavy atom. The van der Waals surface area contributed by atoms with Gasteiger partial charge in [-0.3, -0.25) is 0 Å². The van der Waals surface area contributed by atoms with Crippen molar-refractivity contribution in [1.82, 2.24) is 5.32 Å². The van der Waals surface area contributed by atoms with Crippen LogP contribution < -0.4 is 10.1 Å². The van der Waals surface area contributed by atoms with Crippen molar-refractivity contribution in [2.24, 2.45) is 0 Å². The van der Waals surface area contributed by atoms with Crippen LogP contribution in [0.2, 0.25) is 0 Å². The Balaban J connectivity index is 1.89. The van der Waals surface area contributed by atoms with E-state index in [-0.39, 0.29) is 0 Å². The standard InChI is InChI=1S/C15H23NO/c1-3-6-13(16-2)10-9-12-11-17-15-8-5-4-7-14(12)15/h4-5,7-8,12-13,16H,3,6,9-11H2,1-2H3. The Labute approximate surface area is 104 Å². The van der Waals surface area contributed by atoms with Gasteiger partial charge in [-0.1, -0.05) is 31.5 Å². The Bertz CT molecular complexity index is 351. The average molecular weight is 233 g/mol. The zero-order chi connectivity index (χ0) is 12.1. The smallest absolute Gasteiger partial charge is 0.122 e. The molecular formula is C15H23NO. The highest BCUT2D eigenvalue weighted by Gasteiger charge is 2.23. The number of rotatable bonds is 6. The Morgan fingerprint density at radius 3 is 2.94 bits per heavy atom. The van der Waals surface area contributed by atoms with Crippen LogP contribution in [0.5, 0.6) is 5.75 Å². The molecule has 94 valence electrons. The quantitative estimate of drug-likeness (QED) is 0.813. The van der Waals surface area contributed by atoms with Gasteiger partial charge in [-0.2, -0.15) is 0 Å². The molecule has 1 aromatic carbocycles. The van der Waals surface area contributed by atoms with Crippen molar-refractivity contribution >= 4 is 0 Å². The van der Waals surface area contributed by atoms with Crippen LogP contribution >= 0.6 is 0 Å². The Morgan fingerprint density at radius 2 is 2.18 bits per heavy atom. The van der Waals surface area contributed by atoms with Crippen molar-refractivity contribution in [3.8, 4) is 5.75 Å². The fraction of sp³-hybridized carbons (Fsp3) is 0.600. The molecule has 2 heteroatoms. The van der Waals surface area contributed by atoms with E-state index in [4.69, 9.17) is 4.74 Å². The molecule has 2 unspecified atom stereocenters. The highest BCUT2D eigenvalue weighted by Crippen LogP contribution is 2.36. The van der Waals surface area contributed by atoms with E-state index >= 15 is 0 Å². The third-order valence-electron chi connectivity index (χ3n) is 3.71. The summed E-state index contributed by atoms with van der Waals surface area (Å²) < 4.78 is 5.72. The molecule has 0 spiro atoms. The molecule has 0 radical (unpaired) electrons. The third-order valence-corrected chi connectivity index (χ3v) is 3.71. The van der Waals surface area contributed by atoms with Crippen LogP contribution in [-0.4, -0.2) is 19.7 Å². The second-order valence-corrected chi connectivity index (χ2v) is 4.90. The second kappa shape index (κ2) is 6.06. The highest BCUT2D eigenvalue weighted by atomic mass is 16.5. The number of benzene rings is 1. The summed E-state index contributed by atoms with van der Waals surface area (Å²) in [5, 5.41) is 3.41. The maximum atomic E-state index is 5.72. The number of para-hydroxylation sites is 1. The molecule has 0 saturated heterocycles. The van der Waals surface area contributed by atoms with Gasteiger partial charge in [0.25, 0.3) is 0 Å². The first-order valence-electron chi connectivity index (χ1n) is 6.74. The number of hydrogen-bond donors (Lipinski definition) is 1. The minimum absolute atomic E-state index is 0.596. The molecule has 0 aromatic heterocycles. The number of fused-ring (bicyclic) bond motifs is 1. The van der Waals surface area contributed by atoms with Gasteiger partial charge < -0.3 is 10.1 Å². The van der Waals surface area contributed by atoms with Crippen LogP contribution in [0.1, 0.15) is 44.1 Å².